The van der Waals surface area contributed by atoms with Gasteiger partial charge < -0.3 is 10.1 Å². The monoisotopic (exact) mass is 520 g/mol. The minimum absolute atomic E-state index is 0. The number of hydrogen-bond donors (Lipinski definition) is 1. The molecular weight excluding hydrogens is 475 g/mol. The maximum Gasteiger partial charge on any atom is 0.306 e. The van der Waals surface area contributed by atoms with Crippen molar-refractivity contribution in [3.8, 4) is 0 Å². The van der Waals surface area contributed by atoms with Crippen LogP contribution in [0.25, 0.3) is 0 Å². The number of carbonyl (C=O) groups excluding carboxylic acids is 2. The van der Waals surface area contributed by atoms with Crippen molar-refractivity contribution in [1.82, 2.24) is 20.2 Å². The number of hydrazine groups is 1. The lowest BCUT2D eigenvalue weighted by Gasteiger charge is -2.46. The van der Waals surface area contributed by atoms with Gasteiger partial charge in [0.15, 0.2) is 0 Å². The summed E-state index contributed by atoms with van der Waals surface area (Å²) < 4.78 is 5.68. The van der Waals surface area contributed by atoms with Crippen molar-refractivity contribution in [2.75, 3.05) is 39.3 Å². The lowest BCUT2D eigenvalue weighted by Crippen LogP contribution is -2.59. The number of hydrogen-bond acceptors (Lipinski definition) is 6. The summed E-state index contributed by atoms with van der Waals surface area (Å²) in [6.07, 6.45) is 15.3. The van der Waals surface area contributed by atoms with Crippen molar-refractivity contribution in [1.29, 1.82) is 0 Å². The number of esters is 1. The van der Waals surface area contributed by atoms with Crippen molar-refractivity contribution in [2.24, 2.45) is 5.92 Å². The number of amides is 1. The highest BCUT2D eigenvalue weighted by Crippen LogP contribution is 2.31. The van der Waals surface area contributed by atoms with Gasteiger partial charge in [-0.2, -0.15) is 0 Å². The van der Waals surface area contributed by atoms with Crippen LogP contribution in [0, 0.1) is 5.92 Å². The van der Waals surface area contributed by atoms with Gasteiger partial charge in [-0.1, -0.05) is 6.42 Å². The normalized spacial score (nSPS) is 27.8. The van der Waals surface area contributed by atoms with E-state index in [0.29, 0.717) is 24.4 Å². The molecular formula is C25H46Cl2N4O3. The van der Waals surface area contributed by atoms with Gasteiger partial charge in [0, 0.05) is 44.7 Å². The average Bonchev–Trinajstić information content (AvgIpc) is 2.86. The Balaban J connectivity index is 0.00000204. The molecule has 1 amide bonds. The lowest BCUT2D eigenvalue weighted by atomic mass is 9.83. The number of carbonyl (C=O) groups is 2. The lowest BCUT2D eigenvalue weighted by molar-refractivity contribution is -0.151. The highest BCUT2D eigenvalue weighted by Gasteiger charge is 2.32. The molecule has 0 radical (unpaired) electrons. The Morgan fingerprint density at radius 1 is 0.882 bits per heavy atom. The van der Waals surface area contributed by atoms with Gasteiger partial charge in [-0.25, -0.2) is 5.01 Å². The van der Waals surface area contributed by atoms with Crippen molar-refractivity contribution in [3.63, 3.8) is 0 Å². The summed E-state index contributed by atoms with van der Waals surface area (Å²) in [5, 5.41) is 7.75. The minimum atomic E-state index is 0. The van der Waals surface area contributed by atoms with Crippen molar-refractivity contribution >= 4 is 37.2 Å². The first-order valence-electron chi connectivity index (χ1n) is 13.4. The van der Waals surface area contributed by atoms with Gasteiger partial charge in [-0.05, 0) is 89.6 Å². The van der Waals surface area contributed by atoms with Crippen molar-refractivity contribution in [2.45, 2.75) is 102 Å². The van der Waals surface area contributed by atoms with Crippen LogP contribution in [0.3, 0.4) is 0 Å². The molecule has 2 heterocycles. The molecule has 0 aromatic heterocycles. The number of rotatable bonds is 8. The molecule has 0 aromatic carbocycles. The summed E-state index contributed by atoms with van der Waals surface area (Å²) >= 11 is 0. The molecule has 2 aliphatic carbocycles. The van der Waals surface area contributed by atoms with Gasteiger partial charge in [0.2, 0.25) is 6.41 Å². The van der Waals surface area contributed by atoms with E-state index in [1.165, 1.54) is 32.1 Å². The Kier molecular flexibility index (Phi) is 13.5. The summed E-state index contributed by atoms with van der Waals surface area (Å²) in [6, 6.07) is 1.03. The predicted octanol–water partition coefficient (Wildman–Crippen LogP) is 3.79. The molecule has 4 aliphatic rings. The smallest absolute Gasteiger partial charge is 0.306 e. The number of nitrogens with one attached hydrogen (secondary N) is 1. The number of nitrogens with zero attached hydrogens (tertiary/aromatic N) is 3. The van der Waals surface area contributed by atoms with Crippen LogP contribution in [0.2, 0.25) is 0 Å². The van der Waals surface area contributed by atoms with E-state index in [1.54, 1.807) is 0 Å². The molecule has 34 heavy (non-hydrogen) atoms. The van der Waals surface area contributed by atoms with Crippen LogP contribution < -0.4 is 5.32 Å². The fourth-order valence-electron chi connectivity index (χ4n) is 6.31. The Labute approximate surface area is 218 Å². The van der Waals surface area contributed by atoms with Crippen LogP contribution in [-0.4, -0.2) is 84.8 Å². The van der Waals surface area contributed by atoms with Gasteiger partial charge in [0.05, 0.1) is 0 Å². The third-order valence-corrected chi connectivity index (χ3v) is 8.35. The summed E-state index contributed by atoms with van der Waals surface area (Å²) in [4.78, 5) is 26.8. The SMILES string of the molecule is Cl.Cl.O=CN([C@H]1CC[C@H](CCC(=O)OC2CCCCC2)CC1)N1CCN(C2CCNCC2)CC1. The molecule has 0 spiro atoms. The summed E-state index contributed by atoms with van der Waals surface area (Å²) in [6.45, 7) is 6.30. The molecule has 4 rings (SSSR count). The fourth-order valence-corrected chi connectivity index (χ4v) is 6.31. The zero-order chi connectivity index (χ0) is 22.2. The minimum Gasteiger partial charge on any atom is -0.462 e. The van der Waals surface area contributed by atoms with Crippen LogP contribution in [0.5, 0.6) is 0 Å². The van der Waals surface area contributed by atoms with Gasteiger partial charge in [0.1, 0.15) is 6.10 Å². The molecule has 0 bridgehead atoms. The number of piperidine rings is 1. The maximum atomic E-state index is 12.2. The van der Waals surface area contributed by atoms with E-state index in [0.717, 1.165) is 90.6 Å². The molecule has 4 fully saturated rings. The van der Waals surface area contributed by atoms with Crippen molar-refractivity contribution in [3.05, 3.63) is 0 Å². The van der Waals surface area contributed by atoms with Gasteiger partial charge in [-0.15, -0.1) is 24.8 Å². The fraction of sp³-hybridized carbons (Fsp3) is 0.920. The topological polar surface area (TPSA) is 65.1 Å². The molecule has 0 unspecified atom stereocenters. The molecule has 2 saturated carbocycles. The first kappa shape index (κ1) is 29.6. The molecule has 2 saturated heterocycles. The predicted molar refractivity (Wildman–Crippen MR) is 139 cm³/mol. The molecule has 0 aromatic rings. The van der Waals surface area contributed by atoms with E-state index >= 15 is 0 Å². The van der Waals surface area contributed by atoms with E-state index in [4.69, 9.17) is 4.74 Å². The molecule has 198 valence electrons. The number of ether oxygens (including phenoxy) is 1. The van der Waals surface area contributed by atoms with Crippen LogP contribution in [-0.2, 0) is 14.3 Å². The largest absolute Gasteiger partial charge is 0.462 e. The first-order valence-corrected chi connectivity index (χ1v) is 13.4. The third kappa shape index (κ3) is 8.51. The molecule has 2 aliphatic heterocycles. The van der Waals surface area contributed by atoms with E-state index in [-0.39, 0.29) is 36.9 Å². The number of halogens is 2. The van der Waals surface area contributed by atoms with Gasteiger partial charge in [0.25, 0.3) is 0 Å². The second-order valence-electron chi connectivity index (χ2n) is 10.4. The Morgan fingerprint density at radius 2 is 1.53 bits per heavy atom. The summed E-state index contributed by atoms with van der Waals surface area (Å²) in [7, 11) is 0. The quantitative estimate of drug-likeness (QED) is 0.388. The molecule has 1 N–H and O–H groups in total. The van der Waals surface area contributed by atoms with Crippen molar-refractivity contribution < 1.29 is 14.3 Å². The zero-order valence-electron chi connectivity index (χ0n) is 20.7. The Bertz CT molecular complexity index is 587. The van der Waals surface area contributed by atoms with Crippen LogP contribution in [0.1, 0.15) is 83.5 Å². The first-order chi connectivity index (χ1) is 15.7. The van der Waals surface area contributed by atoms with E-state index in [9.17, 15) is 9.59 Å². The Morgan fingerprint density at radius 3 is 2.15 bits per heavy atom. The van der Waals surface area contributed by atoms with Gasteiger partial charge in [-0.3, -0.25) is 19.5 Å². The summed E-state index contributed by atoms with van der Waals surface area (Å²) in [5.74, 6) is 0.593. The van der Waals surface area contributed by atoms with Gasteiger partial charge >= 0.3 is 5.97 Å². The average molecular weight is 522 g/mol. The second kappa shape index (κ2) is 15.5. The van der Waals surface area contributed by atoms with E-state index in [1.807, 2.05) is 5.01 Å². The standard InChI is InChI=1S/C25H44N4O3.2ClH/c30-20-29(28-18-16-27(17-19-28)22-12-14-26-15-13-22)23-9-6-21(7-10-23)8-11-25(31)32-24-4-2-1-3-5-24;;/h20-24,26H,1-19H2;2*1H/t21-,23-;;. The molecule has 9 heteroatoms. The van der Waals surface area contributed by atoms with E-state index < -0.39 is 0 Å². The zero-order valence-corrected chi connectivity index (χ0v) is 22.3. The van der Waals surface area contributed by atoms with Crippen LogP contribution in [0.4, 0.5) is 0 Å². The Hall–Kier alpha value is -0.600. The van der Waals surface area contributed by atoms with Crippen LogP contribution in [0.15, 0.2) is 0 Å². The highest BCUT2D eigenvalue weighted by atomic mass is 35.5. The molecule has 0 atom stereocenters. The maximum absolute atomic E-state index is 12.2. The molecule has 7 nitrogen and oxygen atoms in total. The summed E-state index contributed by atoms with van der Waals surface area (Å²) in [5.41, 5.74) is 0. The second-order valence-corrected chi connectivity index (χ2v) is 10.4. The third-order valence-electron chi connectivity index (χ3n) is 8.35. The number of piperazine rings is 1. The van der Waals surface area contributed by atoms with Crippen LogP contribution >= 0.6 is 24.8 Å². The van der Waals surface area contributed by atoms with E-state index in [2.05, 4.69) is 15.2 Å². The highest BCUT2D eigenvalue weighted by molar-refractivity contribution is 5.85.